The molecule has 0 amide bonds. The molecule has 9 heteroatoms. The molecule has 0 spiro atoms. The number of fused-ring (bicyclic) bond motifs is 1. The van der Waals surface area contributed by atoms with Crippen molar-refractivity contribution in [3.05, 3.63) is 93.6 Å². The zero-order valence-electron chi connectivity index (χ0n) is 16.3. The Kier molecular flexibility index (Phi) is 6.21. The Bertz CT molecular complexity index is 1320. The summed E-state index contributed by atoms with van der Waals surface area (Å²) >= 11 is 12.2. The molecule has 4 aromatic rings. The first-order chi connectivity index (χ1) is 15.3. The number of hydrogen-bond acceptors (Lipinski definition) is 3. The minimum atomic E-state index is -1.40. The number of carbonyl (C=O) groups is 1. The molecule has 1 heterocycles. The lowest BCUT2D eigenvalue weighted by atomic mass is 10.2. The summed E-state index contributed by atoms with van der Waals surface area (Å²) in [6, 6.07) is 13.8. The Morgan fingerprint density at radius 1 is 0.969 bits per heavy atom. The van der Waals surface area contributed by atoms with E-state index in [0.29, 0.717) is 28.3 Å². The number of hydrogen-bond donors (Lipinski definition) is 1. The van der Waals surface area contributed by atoms with Crippen LogP contribution in [0.4, 0.5) is 13.6 Å². The van der Waals surface area contributed by atoms with Crippen LogP contribution in [0.3, 0.4) is 0 Å². The van der Waals surface area contributed by atoms with Crippen LogP contribution in [0.1, 0.15) is 11.1 Å². The van der Waals surface area contributed by atoms with Gasteiger partial charge in [-0.25, -0.2) is 13.6 Å². The number of carboxylic acid groups (broad SMARTS) is 1. The third kappa shape index (κ3) is 4.64. The molecule has 0 saturated carbocycles. The molecule has 0 fully saturated rings. The van der Waals surface area contributed by atoms with Crippen LogP contribution in [0.25, 0.3) is 10.9 Å². The fraction of sp³-hybridized carbons (Fsp3) is 0.0870. The Hall–Kier alpha value is -3.29. The smallest absolute Gasteiger partial charge is 0.488 e. The SMILES string of the molecule is O=C(O)Oc1cccc2c1ccn2Cc1cc(Cl)ccc1OCc1cc(F)c(F)cc1Cl. The highest BCUT2D eigenvalue weighted by molar-refractivity contribution is 6.31. The molecular weight excluding hydrogens is 463 g/mol. The highest BCUT2D eigenvalue weighted by atomic mass is 35.5. The van der Waals surface area contributed by atoms with Crippen molar-refractivity contribution in [3.8, 4) is 11.5 Å². The van der Waals surface area contributed by atoms with Crippen LogP contribution < -0.4 is 9.47 Å². The van der Waals surface area contributed by atoms with Gasteiger partial charge in [0.1, 0.15) is 18.1 Å². The molecule has 0 aliphatic heterocycles. The van der Waals surface area contributed by atoms with Crippen molar-refractivity contribution in [2.24, 2.45) is 0 Å². The number of benzene rings is 3. The van der Waals surface area contributed by atoms with Gasteiger partial charge in [0.15, 0.2) is 11.6 Å². The van der Waals surface area contributed by atoms with Crippen molar-refractivity contribution in [2.75, 3.05) is 0 Å². The minimum Gasteiger partial charge on any atom is -0.488 e. The van der Waals surface area contributed by atoms with Gasteiger partial charge in [0.2, 0.25) is 0 Å². The predicted molar refractivity (Wildman–Crippen MR) is 117 cm³/mol. The average Bonchev–Trinajstić information content (AvgIpc) is 3.14. The lowest BCUT2D eigenvalue weighted by molar-refractivity contribution is 0.145. The van der Waals surface area contributed by atoms with Crippen molar-refractivity contribution in [3.63, 3.8) is 0 Å². The van der Waals surface area contributed by atoms with Crippen LogP contribution in [0.5, 0.6) is 11.5 Å². The molecule has 164 valence electrons. The summed E-state index contributed by atoms with van der Waals surface area (Å²) in [6.07, 6.45) is 0.391. The number of nitrogens with zero attached hydrogens (tertiary/aromatic N) is 1. The predicted octanol–water partition coefficient (Wildman–Crippen LogP) is 6.91. The maximum atomic E-state index is 13.6. The number of ether oxygens (including phenoxy) is 2. The highest BCUT2D eigenvalue weighted by Gasteiger charge is 2.14. The minimum absolute atomic E-state index is 0.0572. The number of halogens is 4. The maximum Gasteiger partial charge on any atom is 0.511 e. The first-order valence-corrected chi connectivity index (χ1v) is 10.1. The van der Waals surface area contributed by atoms with Gasteiger partial charge in [0, 0.05) is 27.7 Å². The molecule has 0 aliphatic rings. The van der Waals surface area contributed by atoms with Gasteiger partial charge >= 0.3 is 6.16 Å². The van der Waals surface area contributed by atoms with Crippen LogP contribution in [-0.2, 0) is 13.2 Å². The van der Waals surface area contributed by atoms with Gasteiger partial charge in [-0.15, -0.1) is 0 Å². The molecule has 0 radical (unpaired) electrons. The molecule has 0 atom stereocenters. The van der Waals surface area contributed by atoms with Gasteiger partial charge < -0.3 is 19.1 Å². The van der Waals surface area contributed by atoms with Crippen LogP contribution in [0.15, 0.2) is 60.8 Å². The number of aromatic nitrogens is 1. The van der Waals surface area contributed by atoms with E-state index in [2.05, 4.69) is 0 Å². The molecule has 0 aliphatic carbocycles. The van der Waals surface area contributed by atoms with E-state index in [9.17, 15) is 13.6 Å². The van der Waals surface area contributed by atoms with Crippen molar-refractivity contribution >= 4 is 40.3 Å². The van der Waals surface area contributed by atoms with E-state index in [4.69, 9.17) is 37.8 Å². The first kappa shape index (κ1) is 21.9. The highest BCUT2D eigenvalue weighted by Crippen LogP contribution is 2.30. The van der Waals surface area contributed by atoms with Crippen LogP contribution in [0, 0.1) is 11.6 Å². The Labute approximate surface area is 191 Å². The summed E-state index contributed by atoms with van der Waals surface area (Å²) in [5, 5.41) is 10.1. The Morgan fingerprint density at radius 2 is 1.75 bits per heavy atom. The molecule has 3 aromatic carbocycles. The molecule has 0 unspecified atom stereocenters. The van der Waals surface area contributed by atoms with Gasteiger partial charge in [-0.2, -0.15) is 0 Å². The summed E-state index contributed by atoms with van der Waals surface area (Å²) in [5.41, 5.74) is 1.77. The van der Waals surface area contributed by atoms with Gasteiger partial charge in [-0.05, 0) is 48.5 Å². The van der Waals surface area contributed by atoms with E-state index in [1.54, 1.807) is 42.6 Å². The number of rotatable bonds is 6. The quantitative estimate of drug-likeness (QED) is 0.186. The fourth-order valence-electron chi connectivity index (χ4n) is 3.34. The van der Waals surface area contributed by atoms with E-state index < -0.39 is 17.8 Å². The van der Waals surface area contributed by atoms with Crippen molar-refractivity contribution in [1.82, 2.24) is 4.57 Å². The summed E-state index contributed by atoms with van der Waals surface area (Å²) < 4.78 is 39.4. The Morgan fingerprint density at radius 3 is 2.53 bits per heavy atom. The zero-order chi connectivity index (χ0) is 22.8. The standard InChI is InChI=1S/C23H15Cl2F2NO4/c24-15-4-5-21(31-12-14-9-18(26)19(27)10-17(14)25)13(8-15)11-28-7-6-16-20(28)2-1-3-22(16)32-23(29)30/h1-10H,11-12H2,(H,29,30). The molecule has 1 aromatic heterocycles. The van der Waals surface area contributed by atoms with E-state index in [1.807, 2.05) is 10.6 Å². The molecule has 0 saturated heterocycles. The van der Waals surface area contributed by atoms with Crippen LogP contribution in [-0.4, -0.2) is 15.8 Å². The lowest BCUT2D eigenvalue weighted by Gasteiger charge is -2.14. The molecule has 32 heavy (non-hydrogen) atoms. The van der Waals surface area contributed by atoms with Crippen LogP contribution >= 0.6 is 23.2 Å². The van der Waals surface area contributed by atoms with Gasteiger partial charge in [-0.3, -0.25) is 0 Å². The second kappa shape index (κ2) is 9.06. The molecule has 0 bridgehead atoms. The van der Waals surface area contributed by atoms with Gasteiger partial charge in [0.25, 0.3) is 0 Å². The summed E-state index contributed by atoms with van der Waals surface area (Å²) in [6.45, 7) is 0.273. The third-order valence-electron chi connectivity index (χ3n) is 4.81. The fourth-order valence-corrected chi connectivity index (χ4v) is 3.74. The topological polar surface area (TPSA) is 60.7 Å². The molecule has 1 N–H and O–H groups in total. The summed E-state index contributed by atoms with van der Waals surface area (Å²) in [4.78, 5) is 10.9. The van der Waals surface area contributed by atoms with Crippen molar-refractivity contribution in [1.29, 1.82) is 0 Å². The zero-order valence-corrected chi connectivity index (χ0v) is 17.8. The molecule has 5 nitrogen and oxygen atoms in total. The van der Waals surface area contributed by atoms with Gasteiger partial charge in [-0.1, -0.05) is 29.3 Å². The summed E-state index contributed by atoms with van der Waals surface area (Å²) in [7, 11) is 0. The Balaban J connectivity index is 1.62. The maximum absolute atomic E-state index is 13.6. The van der Waals surface area contributed by atoms with Crippen LogP contribution in [0.2, 0.25) is 10.0 Å². The van der Waals surface area contributed by atoms with Gasteiger partial charge in [0.05, 0.1) is 17.1 Å². The average molecular weight is 478 g/mol. The normalized spacial score (nSPS) is 11.0. The van der Waals surface area contributed by atoms with Crippen molar-refractivity contribution < 1.29 is 28.2 Å². The lowest BCUT2D eigenvalue weighted by Crippen LogP contribution is -2.05. The summed E-state index contributed by atoms with van der Waals surface area (Å²) in [5.74, 6) is -1.33. The van der Waals surface area contributed by atoms with E-state index >= 15 is 0 Å². The second-order valence-electron chi connectivity index (χ2n) is 6.90. The third-order valence-corrected chi connectivity index (χ3v) is 5.39. The first-order valence-electron chi connectivity index (χ1n) is 9.35. The largest absolute Gasteiger partial charge is 0.511 e. The molecule has 4 rings (SSSR count). The van der Waals surface area contributed by atoms with E-state index in [0.717, 1.165) is 23.2 Å². The van der Waals surface area contributed by atoms with E-state index in [1.165, 1.54) is 0 Å². The second-order valence-corrected chi connectivity index (χ2v) is 7.74. The molecular formula is C23H15Cl2F2NO4. The van der Waals surface area contributed by atoms with E-state index in [-0.39, 0.29) is 17.4 Å². The van der Waals surface area contributed by atoms with Crippen molar-refractivity contribution in [2.45, 2.75) is 13.2 Å². The monoisotopic (exact) mass is 477 g/mol.